The van der Waals surface area contributed by atoms with Gasteiger partial charge in [-0.2, -0.15) is 0 Å². The summed E-state index contributed by atoms with van der Waals surface area (Å²) in [6.07, 6.45) is 0.978. The van der Waals surface area contributed by atoms with E-state index in [0.717, 1.165) is 0 Å². The second kappa shape index (κ2) is 4.35. The lowest BCUT2D eigenvalue weighted by molar-refractivity contribution is -0.667. The lowest BCUT2D eigenvalue weighted by Gasteiger charge is -2.12. The van der Waals surface area contributed by atoms with Gasteiger partial charge in [0.2, 0.25) is 0 Å². The molecule has 1 aromatic carbocycles. The van der Waals surface area contributed by atoms with Crippen molar-refractivity contribution in [3.8, 4) is 11.6 Å². The molecule has 0 N–H and O–H groups in total. The van der Waals surface area contributed by atoms with Crippen molar-refractivity contribution >= 4 is 11.6 Å². The molecule has 1 fully saturated rings. The van der Waals surface area contributed by atoms with E-state index in [0.29, 0.717) is 24.2 Å². The van der Waals surface area contributed by atoms with Crippen LogP contribution < -0.4 is 9.58 Å². The monoisotopic (exact) mass is 280 g/mol. The maximum Gasteiger partial charge on any atom is 0.313 e. The van der Waals surface area contributed by atoms with Crippen LogP contribution in [0.3, 0.4) is 0 Å². The molecule has 1 heterocycles. The van der Waals surface area contributed by atoms with Crippen LogP contribution in [-0.2, 0) is 5.67 Å². The van der Waals surface area contributed by atoms with E-state index in [4.69, 9.17) is 16.3 Å². The van der Waals surface area contributed by atoms with Crippen LogP contribution in [0.5, 0.6) is 11.6 Å². The predicted octanol–water partition coefficient (Wildman–Crippen LogP) is 3.12. The van der Waals surface area contributed by atoms with Crippen LogP contribution in [0.4, 0.5) is 4.39 Å². The quantitative estimate of drug-likeness (QED) is 0.641. The maximum atomic E-state index is 14.2. The molecule has 0 aliphatic heterocycles. The van der Waals surface area contributed by atoms with Crippen LogP contribution in [0.15, 0.2) is 36.4 Å². The summed E-state index contributed by atoms with van der Waals surface area (Å²) in [7, 11) is 0. The van der Waals surface area contributed by atoms with Gasteiger partial charge in [-0.25, -0.2) is 4.39 Å². The molecule has 1 aliphatic rings. The summed E-state index contributed by atoms with van der Waals surface area (Å²) in [5, 5.41) is 14.8. The van der Waals surface area contributed by atoms with E-state index in [1.807, 2.05) is 0 Å². The predicted molar refractivity (Wildman–Crippen MR) is 66.7 cm³/mol. The zero-order valence-corrected chi connectivity index (χ0v) is 10.6. The van der Waals surface area contributed by atoms with Crippen molar-refractivity contribution in [2.24, 2.45) is 0 Å². The number of aromatic nitrogens is 2. The molecule has 1 aromatic heterocycles. The van der Waals surface area contributed by atoms with Crippen molar-refractivity contribution in [2.45, 2.75) is 18.5 Å². The molecule has 0 unspecified atom stereocenters. The number of nitrogens with zero attached hydrogens (tertiary/aromatic N) is 2. The minimum atomic E-state index is -1.31. The van der Waals surface area contributed by atoms with Gasteiger partial charge in [0.1, 0.15) is 11.4 Å². The van der Waals surface area contributed by atoms with Gasteiger partial charge in [0.25, 0.3) is 5.88 Å². The van der Waals surface area contributed by atoms with Gasteiger partial charge in [-0.15, -0.1) is 0 Å². The van der Waals surface area contributed by atoms with Gasteiger partial charge in [0.15, 0.2) is 0 Å². The average molecular weight is 281 g/mol. The number of halogens is 2. The summed E-state index contributed by atoms with van der Waals surface area (Å²) >= 11 is 5.57. The number of hydrogen-bond acceptors (Lipinski definition) is 3. The number of ether oxygens (including phenoxy) is 1. The second-order valence-corrected chi connectivity index (χ2v) is 4.82. The molecule has 1 saturated carbocycles. The Morgan fingerprint density at radius 3 is 2.68 bits per heavy atom. The Bertz CT molecular complexity index is 632. The van der Waals surface area contributed by atoms with Crippen LogP contribution in [-0.4, -0.2) is 5.10 Å². The highest BCUT2D eigenvalue weighted by Gasteiger charge is 2.47. The molecule has 2 aromatic rings. The average Bonchev–Trinajstić information content (AvgIpc) is 3.14. The third kappa shape index (κ3) is 2.33. The first kappa shape index (κ1) is 12.2. The normalized spacial score (nSPS) is 16.1. The minimum Gasteiger partial charge on any atom is -0.593 e. The van der Waals surface area contributed by atoms with E-state index >= 15 is 0 Å². The molecule has 1 aliphatic carbocycles. The van der Waals surface area contributed by atoms with E-state index < -0.39 is 5.67 Å². The van der Waals surface area contributed by atoms with E-state index in [2.05, 4.69) is 5.10 Å². The molecule has 6 heteroatoms. The highest BCUT2D eigenvalue weighted by atomic mass is 35.5. The third-order valence-electron chi connectivity index (χ3n) is 3.01. The molecule has 0 bridgehead atoms. The first-order chi connectivity index (χ1) is 9.08. The fourth-order valence-corrected chi connectivity index (χ4v) is 1.95. The Morgan fingerprint density at radius 1 is 1.26 bits per heavy atom. The second-order valence-electron chi connectivity index (χ2n) is 4.43. The van der Waals surface area contributed by atoms with Crippen LogP contribution >= 0.6 is 11.6 Å². The summed E-state index contributed by atoms with van der Waals surface area (Å²) in [5.74, 6) is 0.452. The van der Waals surface area contributed by atoms with Crippen LogP contribution in [0.1, 0.15) is 18.4 Å². The van der Waals surface area contributed by atoms with Crippen molar-refractivity contribution in [3.63, 3.8) is 0 Å². The van der Waals surface area contributed by atoms with E-state index in [1.165, 1.54) is 12.1 Å². The molecule has 3 rings (SSSR count). The standard InChI is InChI=1S/C13H10ClFN2O2/c14-11-5-6-12(16-17(11)18)19-10-4-2-1-3-9(10)13(15)7-8-13/h1-6H,7-8H2. The van der Waals surface area contributed by atoms with Crippen LogP contribution in [0, 0.1) is 5.21 Å². The molecule has 4 nitrogen and oxygen atoms in total. The number of para-hydroxylation sites is 1. The van der Waals surface area contributed by atoms with Crippen molar-refractivity contribution in [1.82, 2.24) is 5.10 Å². The first-order valence-corrected chi connectivity index (χ1v) is 6.19. The number of hydrogen-bond donors (Lipinski definition) is 0. The third-order valence-corrected chi connectivity index (χ3v) is 3.28. The fourth-order valence-electron chi connectivity index (χ4n) is 1.85. The Labute approximate surface area is 114 Å². The summed E-state index contributed by atoms with van der Waals surface area (Å²) in [6, 6.07) is 9.67. The summed E-state index contributed by atoms with van der Waals surface area (Å²) in [6.45, 7) is 0. The smallest absolute Gasteiger partial charge is 0.313 e. The summed E-state index contributed by atoms with van der Waals surface area (Å²) in [4.78, 5) is 0.252. The molecule has 0 radical (unpaired) electrons. The number of alkyl halides is 1. The van der Waals surface area contributed by atoms with Gasteiger partial charge in [-0.1, -0.05) is 18.2 Å². The van der Waals surface area contributed by atoms with Gasteiger partial charge >= 0.3 is 5.15 Å². The summed E-state index contributed by atoms with van der Waals surface area (Å²) in [5.41, 5.74) is -0.819. The number of benzene rings is 1. The molecule has 19 heavy (non-hydrogen) atoms. The van der Waals surface area contributed by atoms with Crippen molar-refractivity contribution in [3.05, 3.63) is 52.3 Å². The van der Waals surface area contributed by atoms with Crippen molar-refractivity contribution < 1.29 is 14.0 Å². The Balaban J connectivity index is 1.93. The Hall–Kier alpha value is -1.88. The highest BCUT2D eigenvalue weighted by molar-refractivity contribution is 6.28. The van der Waals surface area contributed by atoms with Crippen molar-refractivity contribution in [1.29, 1.82) is 0 Å². The maximum absolute atomic E-state index is 14.2. The van der Waals surface area contributed by atoms with Gasteiger partial charge in [-0.3, -0.25) is 0 Å². The van der Waals surface area contributed by atoms with E-state index in [1.54, 1.807) is 24.3 Å². The van der Waals surface area contributed by atoms with Crippen LogP contribution in [0.2, 0.25) is 5.15 Å². The molecular weight excluding hydrogens is 271 g/mol. The fraction of sp³-hybridized carbons (Fsp3) is 0.231. The molecule has 0 amide bonds. The van der Waals surface area contributed by atoms with Gasteiger partial charge in [-0.05, 0) is 35.4 Å². The zero-order valence-electron chi connectivity index (χ0n) is 9.85. The van der Waals surface area contributed by atoms with Gasteiger partial charge in [0, 0.05) is 17.7 Å². The molecule has 0 atom stereocenters. The highest BCUT2D eigenvalue weighted by Crippen LogP contribution is 2.52. The largest absolute Gasteiger partial charge is 0.593 e. The zero-order chi connectivity index (χ0) is 13.5. The van der Waals surface area contributed by atoms with E-state index in [-0.39, 0.29) is 15.9 Å². The molecule has 0 spiro atoms. The van der Waals surface area contributed by atoms with Crippen molar-refractivity contribution in [2.75, 3.05) is 0 Å². The molecule has 0 saturated heterocycles. The van der Waals surface area contributed by atoms with E-state index in [9.17, 15) is 9.60 Å². The topological polar surface area (TPSA) is 49.1 Å². The lowest BCUT2D eigenvalue weighted by atomic mass is 10.1. The first-order valence-electron chi connectivity index (χ1n) is 5.81. The molecular formula is C13H10ClFN2O2. The van der Waals surface area contributed by atoms with Crippen LogP contribution in [0.25, 0.3) is 0 Å². The Kier molecular flexibility index (Phi) is 2.78. The Morgan fingerprint density at radius 2 is 2.00 bits per heavy atom. The SMILES string of the molecule is [O-][n+]1nc(Oc2ccccc2C2(F)CC2)ccc1Cl. The van der Waals surface area contributed by atoms with Gasteiger partial charge < -0.3 is 9.94 Å². The number of rotatable bonds is 3. The minimum absolute atomic E-state index is 0.0511. The lowest BCUT2D eigenvalue weighted by Crippen LogP contribution is -2.32. The summed E-state index contributed by atoms with van der Waals surface area (Å²) < 4.78 is 19.6. The molecule has 98 valence electrons. The van der Waals surface area contributed by atoms with Gasteiger partial charge in [0.05, 0.1) is 5.10 Å².